The molecule has 3 nitrogen and oxygen atoms in total. The highest BCUT2D eigenvalue weighted by Crippen LogP contribution is 2.22. The highest BCUT2D eigenvalue weighted by atomic mass is 32.1. The van der Waals surface area contributed by atoms with Crippen LogP contribution < -0.4 is 5.32 Å². The van der Waals surface area contributed by atoms with Crippen molar-refractivity contribution in [2.24, 2.45) is 0 Å². The molecule has 1 aromatic carbocycles. The van der Waals surface area contributed by atoms with E-state index in [-0.39, 0.29) is 5.69 Å². The van der Waals surface area contributed by atoms with Gasteiger partial charge >= 0.3 is 0 Å². The third-order valence-corrected chi connectivity index (χ3v) is 3.74. The van der Waals surface area contributed by atoms with E-state index in [2.05, 4.69) is 15.3 Å². The molecule has 1 N–H and O–H groups in total. The number of benzene rings is 1. The maximum atomic E-state index is 13.5. The zero-order valence-electron chi connectivity index (χ0n) is 10.9. The van der Waals surface area contributed by atoms with Crippen molar-refractivity contribution in [1.82, 2.24) is 9.97 Å². The molecule has 0 saturated heterocycles. The molecule has 0 fully saturated rings. The standard InChI is InChI=1S/C15H11F2N3S/c16-10-4-5-12(17)14(7-10)19-8-11-9-21-15(20-11)13-3-1-2-6-18-13/h1-7,9,19H,8H2. The number of halogens is 2. The largest absolute Gasteiger partial charge is 0.377 e. The summed E-state index contributed by atoms with van der Waals surface area (Å²) in [5.74, 6) is -0.970. The van der Waals surface area contributed by atoms with E-state index in [4.69, 9.17) is 0 Å². The number of hydrogen-bond donors (Lipinski definition) is 1. The normalized spacial score (nSPS) is 10.6. The summed E-state index contributed by atoms with van der Waals surface area (Å²) in [6, 6.07) is 8.92. The number of anilines is 1. The lowest BCUT2D eigenvalue weighted by molar-refractivity contribution is 0.602. The van der Waals surface area contributed by atoms with Gasteiger partial charge in [-0.05, 0) is 30.3 Å². The van der Waals surface area contributed by atoms with Gasteiger partial charge in [0, 0.05) is 11.6 Å². The predicted octanol–water partition coefficient (Wildman–Crippen LogP) is 4.10. The summed E-state index contributed by atoms with van der Waals surface area (Å²) < 4.78 is 26.6. The van der Waals surface area contributed by atoms with E-state index in [1.165, 1.54) is 11.3 Å². The molecule has 2 aromatic heterocycles. The van der Waals surface area contributed by atoms with Gasteiger partial charge in [0.2, 0.25) is 0 Å². The van der Waals surface area contributed by atoms with Crippen LogP contribution in [0.25, 0.3) is 10.7 Å². The third-order valence-electron chi connectivity index (χ3n) is 2.82. The molecule has 106 valence electrons. The highest BCUT2D eigenvalue weighted by Gasteiger charge is 2.07. The maximum Gasteiger partial charge on any atom is 0.146 e. The van der Waals surface area contributed by atoms with E-state index in [9.17, 15) is 8.78 Å². The van der Waals surface area contributed by atoms with Crippen molar-refractivity contribution in [3.8, 4) is 10.7 Å². The molecule has 0 saturated carbocycles. The summed E-state index contributed by atoms with van der Waals surface area (Å²) in [5.41, 5.74) is 1.68. The van der Waals surface area contributed by atoms with E-state index in [0.29, 0.717) is 6.54 Å². The van der Waals surface area contributed by atoms with E-state index in [1.54, 1.807) is 6.20 Å². The minimum atomic E-state index is -0.489. The second-order valence-electron chi connectivity index (χ2n) is 4.34. The molecule has 2 heterocycles. The Labute approximate surface area is 124 Å². The Kier molecular flexibility index (Phi) is 3.87. The van der Waals surface area contributed by atoms with Crippen molar-refractivity contribution < 1.29 is 8.78 Å². The molecule has 0 spiro atoms. The van der Waals surface area contributed by atoms with Crippen molar-refractivity contribution in [3.63, 3.8) is 0 Å². The van der Waals surface area contributed by atoms with Crippen LogP contribution in [0.15, 0.2) is 48.0 Å². The number of nitrogens with one attached hydrogen (secondary N) is 1. The first-order chi connectivity index (χ1) is 10.2. The van der Waals surface area contributed by atoms with Crippen LogP contribution in [0.4, 0.5) is 14.5 Å². The fourth-order valence-electron chi connectivity index (χ4n) is 1.81. The first-order valence-corrected chi connectivity index (χ1v) is 7.15. The van der Waals surface area contributed by atoms with Gasteiger partial charge in [0.1, 0.15) is 16.6 Å². The average Bonchev–Trinajstić information content (AvgIpc) is 2.98. The quantitative estimate of drug-likeness (QED) is 0.788. The zero-order chi connectivity index (χ0) is 14.7. The Hall–Kier alpha value is -2.34. The Bertz CT molecular complexity index is 744. The van der Waals surface area contributed by atoms with Crippen molar-refractivity contribution in [2.75, 3.05) is 5.32 Å². The van der Waals surface area contributed by atoms with Gasteiger partial charge in [-0.25, -0.2) is 13.8 Å². The van der Waals surface area contributed by atoms with Gasteiger partial charge in [0.25, 0.3) is 0 Å². The molecule has 21 heavy (non-hydrogen) atoms. The highest BCUT2D eigenvalue weighted by molar-refractivity contribution is 7.13. The molecule has 3 aromatic rings. The number of thiazole rings is 1. The SMILES string of the molecule is Fc1ccc(F)c(NCc2csc(-c3ccccn3)n2)c1. The van der Waals surface area contributed by atoms with Crippen LogP contribution in [-0.4, -0.2) is 9.97 Å². The maximum absolute atomic E-state index is 13.5. The minimum Gasteiger partial charge on any atom is -0.377 e. The van der Waals surface area contributed by atoms with E-state index in [1.807, 2.05) is 23.6 Å². The van der Waals surface area contributed by atoms with Crippen LogP contribution in [0, 0.1) is 11.6 Å². The fourth-order valence-corrected chi connectivity index (χ4v) is 2.61. The van der Waals surface area contributed by atoms with Gasteiger partial charge in [0.05, 0.1) is 23.6 Å². The van der Waals surface area contributed by atoms with E-state index < -0.39 is 11.6 Å². The summed E-state index contributed by atoms with van der Waals surface area (Å²) in [6.45, 7) is 0.323. The molecular formula is C15H11F2N3S. The molecular weight excluding hydrogens is 292 g/mol. The first-order valence-electron chi connectivity index (χ1n) is 6.27. The molecule has 0 aliphatic heterocycles. The molecule has 0 atom stereocenters. The van der Waals surface area contributed by atoms with Crippen molar-refractivity contribution in [1.29, 1.82) is 0 Å². The van der Waals surface area contributed by atoms with Crippen LogP contribution in [0.2, 0.25) is 0 Å². The first kappa shape index (κ1) is 13.6. The molecule has 0 aliphatic rings. The lowest BCUT2D eigenvalue weighted by Gasteiger charge is -2.05. The van der Waals surface area contributed by atoms with Gasteiger partial charge < -0.3 is 5.32 Å². The number of nitrogens with zero attached hydrogens (tertiary/aromatic N) is 2. The molecule has 3 rings (SSSR count). The summed E-state index contributed by atoms with van der Waals surface area (Å²) in [6.07, 6.45) is 1.71. The zero-order valence-corrected chi connectivity index (χ0v) is 11.7. The van der Waals surface area contributed by atoms with Crippen LogP contribution in [-0.2, 0) is 6.54 Å². The van der Waals surface area contributed by atoms with Crippen LogP contribution >= 0.6 is 11.3 Å². The minimum absolute atomic E-state index is 0.127. The molecule has 0 unspecified atom stereocenters. The van der Waals surface area contributed by atoms with E-state index >= 15 is 0 Å². The van der Waals surface area contributed by atoms with Crippen LogP contribution in [0.3, 0.4) is 0 Å². The molecule has 0 radical (unpaired) electrons. The smallest absolute Gasteiger partial charge is 0.146 e. The Morgan fingerprint density at radius 1 is 1.14 bits per heavy atom. The molecule has 0 amide bonds. The van der Waals surface area contributed by atoms with Gasteiger partial charge in [-0.3, -0.25) is 4.98 Å². The van der Waals surface area contributed by atoms with Crippen molar-refractivity contribution in [3.05, 3.63) is 65.3 Å². The summed E-state index contributed by atoms with van der Waals surface area (Å²) in [5, 5.41) is 5.51. The van der Waals surface area contributed by atoms with Crippen molar-refractivity contribution >= 4 is 17.0 Å². The molecule has 6 heteroatoms. The Morgan fingerprint density at radius 3 is 2.86 bits per heavy atom. The van der Waals surface area contributed by atoms with Gasteiger partial charge in [-0.15, -0.1) is 11.3 Å². The Morgan fingerprint density at radius 2 is 2.05 bits per heavy atom. The van der Waals surface area contributed by atoms with Gasteiger partial charge in [-0.2, -0.15) is 0 Å². The number of rotatable bonds is 4. The van der Waals surface area contributed by atoms with Crippen LogP contribution in [0.5, 0.6) is 0 Å². The fraction of sp³-hybridized carbons (Fsp3) is 0.0667. The lowest BCUT2D eigenvalue weighted by Crippen LogP contribution is -2.02. The summed E-state index contributed by atoms with van der Waals surface area (Å²) in [7, 11) is 0. The number of hydrogen-bond acceptors (Lipinski definition) is 4. The third kappa shape index (κ3) is 3.22. The van der Waals surface area contributed by atoms with Crippen molar-refractivity contribution in [2.45, 2.75) is 6.54 Å². The van der Waals surface area contributed by atoms with Crippen LogP contribution in [0.1, 0.15) is 5.69 Å². The summed E-state index contributed by atoms with van der Waals surface area (Å²) in [4.78, 5) is 8.65. The topological polar surface area (TPSA) is 37.8 Å². The average molecular weight is 303 g/mol. The van der Waals surface area contributed by atoms with Gasteiger partial charge in [-0.1, -0.05) is 6.07 Å². The summed E-state index contributed by atoms with van der Waals surface area (Å²) >= 11 is 1.46. The van der Waals surface area contributed by atoms with Gasteiger partial charge in [0.15, 0.2) is 0 Å². The second-order valence-corrected chi connectivity index (χ2v) is 5.19. The number of aromatic nitrogens is 2. The van der Waals surface area contributed by atoms with E-state index in [0.717, 1.165) is 34.6 Å². The molecule has 0 bridgehead atoms. The Balaban J connectivity index is 1.72. The lowest BCUT2D eigenvalue weighted by atomic mass is 10.3. The monoisotopic (exact) mass is 303 g/mol. The second kappa shape index (κ2) is 5.97. The molecule has 0 aliphatic carbocycles. The number of pyridine rings is 1. The predicted molar refractivity (Wildman–Crippen MR) is 79.0 cm³/mol.